The second kappa shape index (κ2) is 5.45. The summed E-state index contributed by atoms with van der Waals surface area (Å²) >= 11 is 1.69. The first kappa shape index (κ1) is 13.0. The molecular weight excluding hydrogens is 250 g/mol. The molecule has 7 heteroatoms. The predicted octanol–water partition coefficient (Wildman–Crippen LogP) is 2.28. The molecule has 0 aromatic carbocycles. The summed E-state index contributed by atoms with van der Waals surface area (Å²) in [5.74, 6) is 0.429. The maximum absolute atomic E-state index is 5.66. The molecule has 0 aliphatic carbocycles. The third kappa shape index (κ3) is 2.85. The zero-order chi connectivity index (χ0) is 13.1. The summed E-state index contributed by atoms with van der Waals surface area (Å²) in [7, 11) is 0. The van der Waals surface area contributed by atoms with Crippen molar-refractivity contribution in [3.05, 3.63) is 22.0 Å². The largest absolute Gasteiger partial charge is 0.406 e. The first-order chi connectivity index (χ1) is 8.60. The Labute approximate surface area is 110 Å². The maximum atomic E-state index is 5.66. The number of aryl methyl sites for hydroxylation is 1. The van der Waals surface area contributed by atoms with E-state index < -0.39 is 0 Å². The number of nitrogens with zero attached hydrogens (tertiary/aromatic N) is 3. The summed E-state index contributed by atoms with van der Waals surface area (Å²) in [4.78, 5) is 5.63. The molecular formula is C11H17N5OS. The van der Waals surface area contributed by atoms with E-state index in [1.165, 1.54) is 4.88 Å². The van der Waals surface area contributed by atoms with Gasteiger partial charge in [-0.15, -0.1) is 16.4 Å². The SMILES string of the molecule is CCc1cnc(C(C)Nc2nnc(C(C)N)o2)s1. The molecule has 2 aromatic rings. The molecule has 3 N–H and O–H groups in total. The van der Waals surface area contributed by atoms with Crippen LogP contribution in [0.1, 0.15) is 48.6 Å². The molecule has 0 saturated heterocycles. The van der Waals surface area contributed by atoms with Gasteiger partial charge in [0.1, 0.15) is 5.01 Å². The minimum absolute atomic E-state index is 0.0386. The van der Waals surface area contributed by atoms with E-state index in [0.717, 1.165) is 11.4 Å². The Morgan fingerprint density at radius 3 is 2.78 bits per heavy atom. The van der Waals surface area contributed by atoms with Crippen molar-refractivity contribution in [1.82, 2.24) is 15.2 Å². The lowest BCUT2D eigenvalue weighted by atomic mass is 10.4. The highest BCUT2D eigenvalue weighted by atomic mass is 32.1. The van der Waals surface area contributed by atoms with E-state index in [4.69, 9.17) is 10.2 Å². The highest BCUT2D eigenvalue weighted by Gasteiger charge is 2.15. The highest BCUT2D eigenvalue weighted by Crippen LogP contribution is 2.23. The lowest BCUT2D eigenvalue weighted by Crippen LogP contribution is -2.06. The third-order valence-corrected chi connectivity index (χ3v) is 3.78. The van der Waals surface area contributed by atoms with Crippen molar-refractivity contribution in [2.24, 2.45) is 5.73 Å². The van der Waals surface area contributed by atoms with Gasteiger partial charge in [-0.25, -0.2) is 4.98 Å². The Bertz CT molecular complexity index is 507. The van der Waals surface area contributed by atoms with Crippen LogP contribution in [-0.4, -0.2) is 15.2 Å². The van der Waals surface area contributed by atoms with Crippen LogP contribution in [0.25, 0.3) is 0 Å². The summed E-state index contributed by atoms with van der Waals surface area (Å²) < 4.78 is 5.39. The van der Waals surface area contributed by atoms with E-state index in [1.807, 2.05) is 13.1 Å². The molecule has 2 heterocycles. The van der Waals surface area contributed by atoms with E-state index in [0.29, 0.717) is 11.9 Å². The Morgan fingerprint density at radius 1 is 1.44 bits per heavy atom. The molecule has 2 aromatic heterocycles. The van der Waals surface area contributed by atoms with Crippen molar-refractivity contribution in [2.45, 2.75) is 39.3 Å². The lowest BCUT2D eigenvalue weighted by molar-refractivity contribution is 0.470. The van der Waals surface area contributed by atoms with E-state index in [1.54, 1.807) is 18.3 Å². The number of aromatic nitrogens is 3. The van der Waals surface area contributed by atoms with Crippen LogP contribution in [0.3, 0.4) is 0 Å². The van der Waals surface area contributed by atoms with Gasteiger partial charge in [0.05, 0.1) is 12.1 Å². The molecule has 0 aliphatic rings. The first-order valence-corrected chi connectivity index (χ1v) is 6.72. The van der Waals surface area contributed by atoms with Gasteiger partial charge in [0.2, 0.25) is 5.89 Å². The van der Waals surface area contributed by atoms with Crippen molar-refractivity contribution >= 4 is 17.4 Å². The van der Waals surface area contributed by atoms with E-state index in [-0.39, 0.29) is 12.1 Å². The van der Waals surface area contributed by atoms with Crippen molar-refractivity contribution in [3.63, 3.8) is 0 Å². The minimum atomic E-state index is -0.255. The number of hydrogen-bond donors (Lipinski definition) is 2. The molecule has 18 heavy (non-hydrogen) atoms. The molecule has 6 nitrogen and oxygen atoms in total. The number of nitrogens with two attached hydrogens (primary N) is 1. The van der Waals surface area contributed by atoms with Gasteiger partial charge in [0.25, 0.3) is 0 Å². The van der Waals surface area contributed by atoms with Gasteiger partial charge in [-0.3, -0.25) is 0 Å². The van der Waals surface area contributed by atoms with Crippen LogP contribution in [-0.2, 0) is 6.42 Å². The zero-order valence-electron chi connectivity index (χ0n) is 10.7. The standard InChI is InChI=1S/C11H17N5OS/c1-4-8-5-13-10(18-8)7(3)14-11-16-15-9(17-11)6(2)12/h5-7H,4,12H2,1-3H3,(H,14,16). The Kier molecular flexibility index (Phi) is 3.93. The van der Waals surface area contributed by atoms with Crippen molar-refractivity contribution in [2.75, 3.05) is 5.32 Å². The molecule has 0 spiro atoms. The van der Waals surface area contributed by atoms with Gasteiger partial charge < -0.3 is 15.5 Å². The molecule has 0 radical (unpaired) electrons. The van der Waals surface area contributed by atoms with Crippen LogP contribution < -0.4 is 11.1 Å². The van der Waals surface area contributed by atoms with Crippen molar-refractivity contribution < 1.29 is 4.42 Å². The molecule has 2 rings (SSSR count). The van der Waals surface area contributed by atoms with Gasteiger partial charge in [-0.2, -0.15) is 0 Å². The fourth-order valence-corrected chi connectivity index (χ4v) is 2.27. The number of anilines is 1. The van der Waals surface area contributed by atoms with Gasteiger partial charge in [0, 0.05) is 11.1 Å². The molecule has 0 amide bonds. The highest BCUT2D eigenvalue weighted by molar-refractivity contribution is 7.11. The van der Waals surface area contributed by atoms with E-state index in [9.17, 15) is 0 Å². The van der Waals surface area contributed by atoms with Gasteiger partial charge in [0.15, 0.2) is 0 Å². The topological polar surface area (TPSA) is 89.9 Å². The van der Waals surface area contributed by atoms with E-state index >= 15 is 0 Å². The minimum Gasteiger partial charge on any atom is -0.406 e. The second-order valence-corrected chi connectivity index (χ2v) is 5.27. The molecule has 2 atom stereocenters. The van der Waals surface area contributed by atoms with Crippen molar-refractivity contribution in [3.8, 4) is 0 Å². The summed E-state index contributed by atoms with van der Waals surface area (Å²) in [6.45, 7) is 5.92. The molecule has 0 aliphatic heterocycles. The first-order valence-electron chi connectivity index (χ1n) is 5.90. The summed E-state index contributed by atoms with van der Waals surface area (Å²) in [5, 5.41) is 11.9. The van der Waals surface area contributed by atoms with Crippen LogP contribution in [0.4, 0.5) is 6.01 Å². The third-order valence-electron chi connectivity index (χ3n) is 2.46. The fraction of sp³-hybridized carbons (Fsp3) is 0.545. The average molecular weight is 267 g/mol. The summed E-state index contributed by atoms with van der Waals surface area (Å²) in [6.07, 6.45) is 2.90. The molecule has 0 fully saturated rings. The Balaban J connectivity index is 2.03. The normalized spacial score (nSPS) is 14.4. The molecule has 0 saturated carbocycles. The Morgan fingerprint density at radius 2 is 2.22 bits per heavy atom. The lowest BCUT2D eigenvalue weighted by Gasteiger charge is -2.07. The van der Waals surface area contributed by atoms with Gasteiger partial charge >= 0.3 is 6.01 Å². The molecule has 2 unspecified atom stereocenters. The molecule has 98 valence electrons. The maximum Gasteiger partial charge on any atom is 0.316 e. The van der Waals surface area contributed by atoms with Crippen LogP contribution in [0.5, 0.6) is 0 Å². The quantitative estimate of drug-likeness (QED) is 0.863. The van der Waals surface area contributed by atoms with Crippen LogP contribution in [0.2, 0.25) is 0 Å². The number of nitrogens with one attached hydrogen (secondary N) is 1. The van der Waals surface area contributed by atoms with Crippen LogP contribution >= 0.6 is 11.3 Å². The van der Waals surface area contributed by atoms with E-state index in [2.05, 4.69) is 27.4 Å². The van der Waals surface area contributed by atoms with Crippen LogP contribution in [0.15, 0.2) is 10.6 Å². The predicted molar refractivity (Wildman–Crippen MR) is 70.4 cm³/mol. The number of thiazole rings is 1. The monoisotopic (exact) mass is 267 g/mol. The van der Waals surface area contributed by atoms with Crippen molar-refractivity contribution in [1.29, 1.82) is 0 Å². The fourth-order valence-electron chi connectivity index (χ4n) is 1.41. The van der Waals surface area contributed by atoms with Crippen LogP contribution in [0, 0.1) is 0 Å². The van der Waals surface area contributed by atoms with Gasteiger partial charge in [-0.05, 0) is 20.3 Å². The smallest absolute Gasteiger partial charge is 0.316 e. The molecule has 0 bridgehead atoms. The van der Waals surface area contributed by atoms with Gasteiger partial charge in [-0.1, -0.05) is 12.0 Å². The Hall–Kier alpha value is -1.47. The zero-order valence-corrected chi connectivity index (χ0v) is 11.5. The number of hydrogen-bond acceptors (Lipinski definition) is 7. The average Bonchev–Trinajstić information content (AvgIpc) is 2.96. The second-order valence-electron chi connectivity index (χ2n) is 4.12. The summed E-state index contributed by atoms with van der Waals surface area (Å²) in [6, 6.07) is 0.162. The number of rotatable bonds is 5. The summed E-state index contributed by atoms with van der Waals surface area (Å²) in [5.41, 5.74) is 5.66.